The van der Waals surface area contributed by atoms with E-state index >= 15 is 0 Å². The molecule has 0 aliphatic heterocycles. The van der Waals surface area contributed by atoms with Crippen molar-refractivity contribution in [1.29, 1.82) is 0 Å². The quantitative estimate of drug-likeness (QED) is 0.813. The second kappa shape index (κ2) is 6.97. The summed E-state index contributed by atoms with van der Waals surface area (Å²) in [6, 6.07) is 5.89. The molecule has 0 heterocycles. The minimum atomic E-state index is -0.994. The van der Waals surface area contributed by atoms with Gasteiger partial charge in [0.05, 0.1) is 6.61 Å². The van der Waals surface area contributed by atoms with E-state index < -0.39 is 11.6 Å². The first-order chi connectivity index (χ1) is 9.19. The lowest BCUT2D eigenvalue weighted by Gasteiger charge is -2.28. The van der Waals surface area contributed by atoms with Crippen molar-refractivity contribution in [3.05, 3.63) is 28.2 Å². The van der Waals surface area contributed by atoms with Crippen LogP contribution in [-0.2, 0) is 0 Å². The van der Waals surface area contributed by atoms with E-state index in [1.54, 1.807) is 0 Å². The van der Waals surface area contributed by atoms with Crippen LogP contribution in [0.2, 0.25) is 0 Å². The Labute approximate surface area is 128 Å². The average Bonchev–Trinajstić information content (AvgIpc) is 2.24. The first-order valence-corrected chi connectivity index (χ1v) is 7.39. The number of hydrogen-bond acceptors (Lipinski definition) is 2. The van der Waals surface area contributed by atoms with Crippen LogP contribution in [0.5, 0.6) is 5.75 Å². The second-order valence-corrected chi connectivity index (χ2v) is 6.76. The maximum atomic E-state index is 10.7. The summed E-state index contributed by atoms with van der Waals surface area (Å²) in [4.78, 5) is 10.7. The van der Waals surface area contributed by atoms with Crippen LogP contribution in [0.1, 0.15) is 32.8 Å². The summed E-state index contributed by atoms with van der Waals surface area (Å²) >= 11 is 3.42. The molecule has 4 nitrogen and oxygen atoms in total. The van der Waals surface area contributed by atoms with Gasteiger partial charge in [0, 0.05) is 10.0 Å². The summed E-state index contributed by atoms with van der Waals surface area (Å²) in [6.07, 6.45) is -0.276. The van der Waals surface area contributed by atoms with Gasteiger partial charge in [0.1, 0.15) is 5.75 Å². The zero-order chi connectivity index (χ0) is 15.3. The maximum Gasteiger partial charge on any atom is 0.405 e. The van der Waals surface area contributed by atoms with Crippen LogP contribution in [0.25, 0.3) is 0 Å². The molecule has 0 spiro atoms. The third kappa shape index (κ3) is 5.82. The zero-order valence-electron chi connectivity index (χ0n) is 12.4. The van der Waals surface area contributed by atoms with Gasteiger partial charge in [-0.05, 0) is 56.9 Å². The summed E-state index contributed by atoms with van der Waals surface area (Å²) in [5.41, 5.74) is 0.623. The van der Waals surface area contributed by atoms with Gasteiger partial charge in [-0.15, -0.1) is 0 Å². The van der Waals surface area contributed by atoms with Gasteiger partial charge in [-0.1, -0.05) is 22.9 Å². The molecular formula is C15H22BrNO3. The molecule has 0 aliphatic carbocycles. The van der Waals surface area contributed by atoms with Gasteiger partial charge >= 0.3 is 6.09 Å². The molecule has 1 amide bonds. The standard InChI is InChI=1S/C15H22BrNO3/c1-10(8-15(3,4)17-14(18)19)9-20-13-6-5-12(16)7-11(13)2/h5-7,10,17H,8-9H2,1-4H3,(H,18,19). The molecule has 1 rings (SSSR count). The summed E-state index contributed by atoms with van der Waals surface area (Å²) in [6.45, 7) is 8.37. The first-order valence-electron chi connectivity index (χ1n) is 6.59. The van der Waals surface area contributed by atoms with Gasteiger partial charge in [-0.2, -0.15) is 0 Å². The Balaban J connectivity index is 2.50. The molecule has 5 heteroatoms. The Kier molecular flexibility index (Phi) is 5.87. The Morgan fingerprint density at radius 3 is 2.70 bits per heavy atom. The van der Waals surface area contributed by atoms with Crippen molar-refractivity contribution in [3.63, 3.8) is 0 Å². The number of benzene rings is 1. The number of carboxylic acid groups (broad SMARTS) is 1. The third-order valence-electron chi connectivity index (χ3n) is 2.96. The van der Waals surface area contributed by atoms with Crippen LogP contribution in [0, 0.1) is 12.8 Å². The smallest absolute Gasteiger partial charge is 0.405 e. The highest BCUT2D eigenvalue weighted by Crippen LogP contribution is 2.24. The number of rotatable bonds is 6. The number of ether oxygens (including phenoxy) is 1. The molecule has 0 saturated carbocycles. The number of carbonyl (C=O) groups is 1. The van der Waals surface area contributed by atoms with Gasteiger partial charge in [-0.3, -0.25) is 0 Å². The molecular weight excluding hydrogens is 322 g/mol. The number of halogens is 1. The fourth-order valence-corrected chi connectivity index (χ4v) is 2.75. The van der Waals surface area contributed by atoms with E-state index in [1.165, 1.54) is 0 Å². The van der Waals surface area contributed by atoms with E-state index in [2.05, 4.69) is 28.2 Å². The normalized spacial score (nSPS) is 12.8. The number of amides is 1. The predicted molar refractivity (Wildman–Crippen MR) is 83.4 cm³/mol. The van der Waals surface area contributed by atoms with E-state index in [4.69, 9.17) is 9.84 Å². The van der Waals surface area contributed by atoms with Gasteiger partial charge < -0.3 is 15.2 Å². The molecule has 0 radical (unpaired) electrons. The number of hydrogen-bond donors (Lipinski definition) is 2. The highest BCUT2D eigenvalue weighted by atomic mass is 79.9. The van der Waals surface area contributed by atoms with Crippen molar-refractivity contribution < 1.29 is 14.6 Å². The van der Waals surface area contributed by atoms with Crippen molar-refractivity contribution in [1.82, 2.24) is 5.32 Å². The van der Waals surface area contributed by atoms with Crippen molar-refractivity contribution in [2.75, 3.05) is 6.61 Å². The average molecular weight is 344 g/mol. The van der Waals surface area contributed by atoms with Crippen LogP contribution < -0.4 is 10.1 Å². The summed E-state index contributed by atoms with van der Waals surface area (Å²) < 4.78 is 6.84. The minimum absolute atomic E-state index is 0.250. The third-order valence-corrected chi connectivity index (χ3v) is 3.46. The fraction of sp³-hybridized carbons (Fsp3) is 0.533. The van der Waals surface area contributed by atoms with Gasteiger partial charge in [0.2, 0.25) is 0 Å². The molecule has 2 N–H and O–H groups in total. The minimum Gasteiger partial charge on any atom is -0.493 e. The predicted octanol–water partition coefficient (Wildman–Crippen LogP) is 4.21. The molecule has 20 heavy (non-hydrogen) atoms. The molecule has 0 aliphatic rings. The van der Waals surface area contributed by atoms with Crippen LogP contribution in [0.4, 0.5) is 4.79 Å². The molecule has 1 atom stereocenters. The Hall–Kier alpha value is -1.23. The van der Waals surface area contributed by atoms with E-state index in [0.29, 0.717) is 6.61 Å². The van der Waals surface area contributed by atoms with Gasteiger partial charge in [0.15, 0.2) is 0 Å². The van der Waals surface area contributed by atoms with E-state index in [1.807, 2.05) is 39.0 Å². The molecule has 0 aromatic heterocycles. The topological polar surface area (TPSA) is 58.6 Å². The lowest BCUT2D eigenvalue weighted by atomic mass is 9.92. The first kappa shape index (κ1) is 16.8. The summed E-state index contributed by atoms with van der Waals surface area (Å²) in [7, 11) is 0. The molecule has 1 unspecified atom stereocenters. The van der Waals surface area contributed by atoms with E-state index in [9.17, 15) is 4.79 Å². The SMILES string of the molecule is Cc1cc(Br)ccc1OCC(C)CC(C)(C)NC(=O)O. The van der Waals surface area contributed by atoms with Crippen LogP contribution in [-0.4, -0.2) is 23.3 Å². The lowest BCUT2D eigenvalue weighted by molar-refractivity contribution is 0.169. The van der Waals surface area contributed by atoms with E-state index in [0.717, 1.165) is 22.2 Å². The van der Waals surface area contributed by atoms with Crippen LogP contribution in [0.3, 0.4) is 0 Å². The van der Waals surface area contributed by atoms with Crippen molar-refractivity contribution >= 4 is 22.0 Å². The summed E-state index contributed by atoms with van der Waals surface area (Å²) in [5, 5.41) is 11.3. The zero-order valence-corrected chi connectivity index (χ0v) is 14.0. The highest BCUT2D eigenvalue weighted by molar-refractivity contribution is 9.10. The Bertz CT molecular complexity index is 474. The Morgan fingerprint density at radius 1 is 1.50 bits per heavy atom. The number of nitrogens with one attached hydrogen (secondary N) is 1. The highest BCUT2D eigenvalue weighted by Gasteiger charge is 2.23. The molecule has 0 fully saturated rings. The largest absolute Gasteiger partial charge is 0.493 e. The van der Waals surface area contributed by atoms with Gasteiger partial charge in [0.25, 0.3) is 0 Å². The second-order valence-electron chi connectivity index (χ2n) is 5.84. The molecule has 0 saturated heterocycles. The van der Waals surface area contributed by atoms with Crippen LogP contribution in [0.15, 0.2) is 22.7 Å². The maximum absolute atomic E-state index is 10.7. The van der Waals surface area contributed by atoms with E-state index in [-0.39, 0.29) is 5.92 Å². The number of aryl methyl sites for hydroxylation is 1. The van der Waals surface area contributed by atoms with Crippen molar-refractivity contribution in [2.45, 2.75) is 39.7 Å². The van der Waals surface area contributed by atoms with Gasteiger partial charge in [-0.25, -0.2) is 4.79 Å². The Morgan fingerprint density at radius 2 is 2.15 bits per heavy atom. The van der Waals surface area contributed by atoms with Crippen molar-refractivity contribution in [3.8, 4) is 5.75 Å². The molecule has 1 aromatic rings. The van der Waals surface area contributed by atoms with Crippen molar-refractivity contribution in [2.24, 2.45) is 5.92 Å². The molecule has 112 valence electrons. The molecule has 1 aromatic carbocycles. The van der Waals surface area contributed by atoms with Crippen LogP contribution >= 0.6 is 15.9 Å². The monoisotopic (exact) mass is 343 g/mol. The molecule has 0 bridgehead atoms. The lowest BCUT2D eigenvalue weighted by Crippen LogP contribution is -2.44. The summed E-state index contributed by atoms with van der Waals surface area (Å²) in [5.74, 6) is 1.11. The fourth-order valence-electron chi connectivity index (χ4n) is 2.28.